The smallest absolute Gasteiger partial charge is 0.295 e. The SMILES string of the molecule is O=C1C(=O)N(CCc2c[nH]c3ccccc23)[C@H](c2ccc(Br)cc2)C1=C(O)c1ccc(Br)cc1. The van der Waals surface area contributed by atoms with Gasteiger partial charge in [-0.15, -0.1) is 0 Å². The molecule has 7 heteroatoms. The molecular weight excluding hydrogens is 560 g/mol. The largest absolute Gasteiger partial charge is 0.507 e. The first-order valence-corrected chi connectivity index (χ1v) is 12.4. The molecule has 5 rings (SSSR count). The van der Waals surface area contributed by atoms with Crippen molar-refractivity contribution in [3.05, 3.63) is 110 Å². The van der Waals surface area contributed by atoms with Crippen LogP contribution in [-0.4, -0.2) is 33.2 Å². The average Bonchev–Trinajstić information content (AvgIpc) is 3.37. The quantitative estimate of drug-likeness (QED) is 0.164. The Balaban J connectivity index is 1.56. The molecule has 0 radical (unpaired) electrons. The standard InChI is InChI=1S/C27H20Br2N2O3/c28-19-9-5-16(6-10-19)24-23(25(32)17-7-11-20(29)12-8-17)26(33)27(34)31(24)14-13-18-15-30-22-4-2-1-3-21(18)22/h1-12,15,24,30,32H,13-14H2/t24-/m1/s1. The maximum absolute atomic E-state index is 13.2. The Morgan fingerprint density at radius 1 is 0.912 bits per heavy atom. The molecule has 1 saturated heterocycles. The number of likely N-dealkylation sites (tertiary alicyclic amines) is 1. The summed E-state index contributed by atoms with van der Waals surface area (Å²) in [6.45, 7) is 0.338. The number of aliphatic hydroxyl groups is 1. The lowest BCUT2D eigenvalue weighted by Crippen LogP contribution is -2.31. The summed E-state index contributed by atoms with van der Waals surface area (Å²) < 4.78 is 1.74. The minimum absolute atomic E-state index is 0.105. The van der Waals surface area contributed by atoms with E-state index in [9.17, 15) is 14.7 Å². The van der Waals surface area contributed by atoms with Gasteiger partial charge in [-0.05, 0) is 47.9 Å². The van der Waals surface area contributed by atoms with E-state index in [1.807, 2.05) is 54.7 Å². The fraction of sp³-hybridized carbons (Fsp3) is 0.111. The first-order valence-electron chi connectivity index (χ1n) is 10.8. The lowest BCUT2D eigenvalue weighted by atomic mass is 9.95. The maximum atomic E-state index is 13.2. The minimum Gasteiger partial charge on any atom is -0.507 e. The van der Waals surface area contributed by atoms with E-state index in [1.54, 1.807) is 29.2 Å². The molecule has 1 aliphatic heterocycles. The number of hydrogen-bond acceptors (Lipinski definition) is 3. The summed E-state index contributed by atoms with van der Waals surface area (Å²) in [5.41, 5.74) is 3.45. The molecule has 1 fully saturated rings. The molecule has 0 saturated carbocycles. The Kier molecular flexibility index (Phi) is 6.15. The lowest BCUT2D eigenvalue weighted by Gasteiger charge is -2.25. The van der Waals surface area contributed by atoms with Gasteiger partial charge in [0.2, 0.25) is 0 Å². The number of H-pyrrole nitrogens is 1. The maximum Gasteiger partial charge on any atom is 0.295 e. The highest BCUT2D eigenvalue weighted by Gasteiger charge is 2.45. The zero-order valence-electron chi connectivity index (χ0n) is 18.0. The molecule has 0 unspecified atom stereocenters. The minimum atomic E-state index is -0.679. The number of rotatable bonds is 5. The van der Waals surface area contributed by atoms with Crippen molar-refractivity contribution >= 4 is 60.2 Å². The summed E-state index contributed by atoms with van der Waals surface area (Å²) in [6, 6.07) is 21.8. The van der Waals surface area contributed by atoms with Gasteiger partial charge in [0.05, 0.1) is 11.6 Å². The van der Waals surface area contributed by atoms with Gasteiger partial charge in [0.15, 0.2) is 0 Å². The number of nitrogens with one attached hydrogen (secondary N) is 1. The molecule has 2 heterocycles. The van der Waals surface area contributed by atoms with Crippen LogP contribution in [0.2, 0.25) is 0 Å². The number of halogens is 2. The lowest BCUT2D eigenvalue weighted by molar-refractivity contribution is -0.139. The van der Waals surface area contributed by atoms with E-state index in [0.29, 0.717) is 18.5 Å². The summed E-state index contributed by atoms with van der Waals surface area (Å²) in [6.07, 6.45) is 2.51. The molecular formula is C27H20Br2N2O3. The van der Waals surface area contributed by atoms with Crippen LogP contribution in [0.5, 0.6) is 0 Å². The van der Waals surface area contributed by atoms with Gasteiger partial charge in [-0.25, -0.2) is 0 Å². The monoisotopic (exact) mass is 578 g/mol. The number of aliphatic hydroxyl groups excluding tert-OH is 1. The number of amides is 1. The van der Waals surface area contributed by atoms with Crippen LogP contribution in [0.4, 0.5) is 0 Å². The number of benzene rings is 3. The van der Waals surface area contributed by atoms with Crippen molar-refractivity contribution in [1.82, 2.24) is 9.88 Å². The topological polar surface area (TPSA) is 73.4 Å². The second-order valence-electron chi connectivity index (χ2n) is 8.16. The number of nitrogens with zero attached hydrogens (tertiary/aromatic N) is 1. The van der Waals surface area contributed by atoms with Gasteiger partial charge < -0.3 is 15.0 Å². The number of carbonyl (C=O) groups is 2. The van der Waals surface area contributed by atoms with Crippen LogP contribution in [0.1, 0.15) is 22.7 Å². The van der Waals surface area contributed by atoms with Crippen molar-refractivity contribution in [2.45, 2.75) is 12.5 Å². The second kappa shape index (κ2) is 9.24. The summed E-state index contributed by atoms with van der Waals surface area (Å²) in [5.74, 6) is -1.45. The molecule has 3 aromatic carbocycles. The third-order valence-electron chi connectivity index (χ3n) is 6.14. The fourth-order valence-electron chi connectivity index (χ4n) is 4.44. The Morgan fingerprint density at radius 3 is 2.26 bits per heavy atom. The van der Waals surface area contributed by atoms with E-state index in [1.165, 1.54) is 0 Å². The van der Waals surface area contributed by atoms with Crippen LogP contribution >= 0.6 is 31.9 Å². The van der Waals surface area contributed by atoms with Crippen molar-refractivity contribution < 1.29 is 14.7 Å². The van der Waals surface area contributed by atoms with Gasteiger partial charge in [0, 0.05) is 38.2 Å². The van der Waals surface area contributed by atoms with Crippen LogP contribution in [0, 0.1) is 0 Å². The van der Waals surface area contributed by atoms with Crippen molar-refractivity contribution in [2.75, 3.05) is 6.54 Å². The molecule has 1 aromatic heterocycles. The van der Waals surface area contributed by atoms with Gasteiger partial charge >= 0.3 is 0 Å². The van der Waals surface area contributed by atoms with Crippen molar-refractivity contribution in [1.29, 1.82) is 0 Å². The first-order chi connectivity index (χ1) is 16.4. The molecule has 1 atom stereocenters. The van der Waals surface area contributed by atoms with Gasteiger partial charge in [0.1, 0.15) is 5.76 Å². The molecule has 5 nitrogen and oxygen atoms in total. The molecule has 170 valence electrons. The molecule has 1 aliphatic rings. The number of aromatic nitrogens is 1. The molecule has 2 N–H and O–H groups in total. The van der Waals surface area contributed by atoms with Gasteiger partial charge in [-0.3, -0.25) is 9.59 Å². The predicted molar refractivity (Wildman–Crippen MR) is 139 cm³/mol. The third-order valence-corrected chi connectivity index (χ3v) is 7.20. The van der Waals surface area contributed by atoms with Gasteiger partial charge in [0.25, 0.3) is 11.7 Å². The highest BCUT2D eigenvalue weighted by Crippen LogP contribution is 2.40. The van der Waals surface area contributed by atoms with Crippen molar-refractivity contribution in [2.24, 2.45) is 0 Å². The Labute approximate surface area is 213 Å². The van der Waals surface area contributed by atoms with Crippen LogP contribution in [0.15, 0.2) is 93.5 Å². The van der Waals surface area contributed by atoms with E-state index in [-0.39, 0.29) is 11.3 Å². The predicted octanol–water partition coefficient (Wildman–Crippen LogP) is 6.36. The molecule has 4 aromatic rings. The number of ketones is 1. The fourth-order valence-corrected chi connectivity index (χ4v) is 4.97. The Hall–Kier alpha value is -3.16. The summed E-state index contributed by atoms with van der Waals surface area (Å²) in [5, 5.41) is 12.2. The van der Waals surface area contributed by atoms with Crippen molar-refractivity contribution in [3.8, 4) is 0 Å². The zero-order chi connectivity index (χ0) is 23.8. The molecule has 0 bridgehead atoms. The van der Waals surface area contributed by atoms with E-state index < -0.39 is 17.7 Å². The van der Waals surface area contributed by atoms with E-state index in [4.69, 9.17) is 0 Å². The first kappa shape index (κ1) is 22.6. The van der Waals surface area contributed by atoms with Crippen LogP contribution < -0.4 is 0 Å². The van der Waals surface area contributed by atoms with Crippen molar-refractivity contribution in [3.63, 3.8) is 0 Å². The Bertz CT molecular complexity index is 1420. The summed E-state index contributed by atoms with van der Waals surface area (Å²) >= 11 is 6.83. The van der Waals surface area contributed by atoms with E-state index >= 15 is 0 Å². The summed E-state index contributed by atoms with van der Waals surface area (Å²) in [4.78, 5) is 31.2. The third kappa shape index (κ3) is 4.10. The van der Waals surface area contributed by atoms with Crippen LogP contribution in [0.3, 0.4) is 0 Å². The molecule has 0 aliphatic carbocycles. The molecule has 0 spiro atoms. The number of carbonyl (C=O) groups excluding carboxylic acids is 2. The number of aromatic amines is 1. The zero-order valence-corrected chi connectivity index (χ0v) is 21.1. The average molecular weight is 580 g/mol. The van der Waals surface area contributed by atoms with Crippen LogP contribution in [-0.2, 0) is 16.0 Å². The van der Waals surface area contributed by atoms with E-state index in [2.05, 4.69) is 36.8 Å². The Morgan fingerprint density at radius 2 is 1.56 bits per heavy atom. The van der Waals surface area contributed by atoms with Gasteiger partial charge in [-0.1, -0.05) is 74.3 Å². The number of para-hydroxylation sites is 1. The highest BCUT2D eigenvalue weighted by atomic mass is 79.9. The van der Waals surface area contributed by atoms with Crippen LogP contribution in [0.25, 0.3) is 16.7 Å². The number of fused-ring (bicyclic) bond motifs is 1. The number of Topliss-reactive ketones (excluding diaryl/α,β-unsaturated/α-hetero) is 1. The summed E-state index contributed by atoms with van der Waals surface area (Å²) in [7, 11) is 0. The highest BCUT2D eigenvalue weighted by molar-refractivity contribution is 9.10. The van der Waals surface area contributed by atoms with Gasteiger partial charge in [-0.2, -0.15) is 0 Å². The molecule has 1 amide bonds. The van der Waals surface area contributed by atoms with E-state index in [0.717, 1.165) is 31.0 Å². The number of hydrogen-bond donors (Lipinski definition) is 2. The normalized spacial score (nSPS) is 17.6. The second-order valence-corrected chi connectivity index (χ2v) is 9.99. The molecule has 34 heavy (non-hydrogen) atoms.